The predicted molar refractivity (Wildman–Crippen MR) is 140 cm³/mol. The van der Waals surface area contributed by atoms with Crippen LogP contribution in [0.4, 0.5) is 5.69 Å². The van der Waals surface area contributed by atoms with Crippen LogP contribution < -0.4 is 10.9 Å². The number of amides is 1. The van der Waals surface area contributed by atoms with Gasteiger partial charge in [-0.1, -0.05) is 30.7 Å². The third-order valence-electron chi connectivity index (χ3n) is 6.41. The summed E-state index contributed by atoms with van der Waals surface area (Å²) in [4.78, 5) is 33.0. The van der Waals surface area contributed by atoms with Gasteiger partial charge in [-0.25, -0.2) is 0 Å². The Hall–Kier alpha value is -2.81. The van der Waals surface area contributed by atoms with E-state index in [-0.39, 0.29) is 11.5 Å². The first kappa shape index (κ1) is 24.3. The molecule has 34 heavy (non-hydrogen) atoms. The summed E-state index contributed by atoms with van der Waals surface area (Å²) in [7, 11) is 2.16. The van der Waals surface area contributed by atoms with E-state index < -0.39 is 0 Å². The molecule has 1 amide bonds. The Labute approximate surface area is 205 Å². The third kappa shape index (κ3) is 6.40. The minimum Gasteiger partial charge on any atom is -0.332 e. The highest BCUT2D eigenvalue weighted by atomic mass is 32.1. The van der Waals surface area contributed by atoms with E-state index in [4.69, 9.17) is 12.2 Å². The lowest BCUT2D eigenvalue weighted by atomic mass is 10.1. The predicted octanol–water partition coefficient (Wildman–Crippen LogP) is 4.01. The zero-order valence-corrected chi connectivity index (χ0v) is 20.6. The van der Waals surface area contributed by atoms with E-state index in [0.717, 1.165) is 63.2 Å². The second-order valence-corrected chi connectivity index (χ2v) is 9.45. The van der Waals surface area contributed by atoms with Crippen LogP contribution >= 0.6 is 12.2 Å². The number of likely N-dealkylation sites (N-methyl/N-ethyl adjacent to an activating group) is 1. The second kappa shape index (κ2) is 11.6. The van der Waals surface area contributed by atoms with E-state index in [1.807, 2.05) is 36.4 Å². The molecule has 4 rings (SSSR count). The summed E-state index contributed by atoms with van der Waals surface area (Å²) < 4.78 is 2.05. The Morgan fingerprint density at radius 2 is 1.74 bits per heavy atom. The van der Waals surface area contributed by atoms with Crippen LogP contribution in [0.1, 0.15) is 31.2 Å². The molecule has 1 aromatic heterocycles. The number of para-hydroxylation sites is 1. The summed E-state index contributed by atoms with van der Waals surface area (Å²) in [5.41, 5.74) is 2.80. The number of fused-ring (bicyclic) bond motifs is 1. The summed E-state index contributed by atoms with van der Waals surface area (Å²) in [6, 6.07) is 15.6. The van der Waals surface area contributed by atoms with E-state index in [1.165, 1.54) is 5.56 Å². The maximum Gasteiger partial charge on any atom is 0.262 e. The summed E-state index contributed by atoms with van der Waals surface area (Å²) in [6.07, 6.45) is 2.88. The Morgan fingerprint density at radius 3 is 2.50 bits per heavy atom. The number of aromatic nitrogens is 2. The van der Waals surface area contributed by atoms with Crippen molar-refractivity contribution in [2.45, 2.75) is 38.8 Å². The molecule has 0 aliphatic carbocycles. The summed E-state index contributed by atoms with van der Waals surface area (Å²) >= 11 is 5.36. The SMILES string of the molecule is CN1CCN(Cc2ccc(NC(=O)CCCCCn3c(=S)[nH]c4ccccc4c3=O)cc2)CC1. The van der Waals surface area contributed by atoms with Crippen molar-refractivity contribution in [3.05, 3.63) is 69.2 Å². The average Bonchev–Trinajstić information content (AvgIpc) is 2.83. The van der Waals surface area contributed by atoms with Gasteiger partial charge in [0.2, 0.25) is 5.91 Å². The molecule has 1 saturated heterocycles. The van der Waals surface area contributed by atoms with Crippen molar-refractivity contribution in [3.8, 4) is 0 Å². The smallest absolute Gasteiger partial charge is 0.262 e. The first-order chi connectivity index (χ1) is 16.5. The van der Waals surface area contributed by atoms with Crippen LogP contribution in [-0.2, 0) is 17.9 Å². The zero-order valence-electron chi connectivity index (χ0n) is 19.8. The molecule has 8 heteroatoms. The molecule has 1 aliphatic heterocycles. The maximum atomic E-state index is 12.7. The maximum absolute atomic E-state index is 12.7. The summed E-state index contributed by atoms with van der Waals surface area (Å²) in [5.74, 6) is 0.0204. The van der Waals surface area contributed by atoms with Crippen LogP contribution in [0.25, 0.3) is 10.9 Å². The Balaban J connectivity index is 1.18. The lowest BCUT2D eigenvalue weighted by Gasteiger charge is -2.32. The molecule has 2 N–H and O–H groups in total. The molecule has 1 aliphatic rings. The van der Waals surface area contributed by atoms with Gasteiger partial charge < -0.3 is 15.2 Å². The highest BCUT2D eigenvalue weighted by Gasteiger charge is 2.13. The van der Waals surface area contributed by atoms with E-state index in [9.17, 15) is 9.59 Å². The van der Waals surface area contributed by atoms with E-state index in [2.05, 4.69) is 39.3 Å². The van der Waals surface area contributed by atoms with Crippen molar-refractivity contribution >= 4 is 34.7 Å². The van der Waals surface area contributed by atoms with Gasteiger partial charge in [-0.2, -0.15) is 0 Å². The van der Waals surface area contributed by atoms with Crippen LogP contribution in [0, 0.1) is 4.77 Å². The van der Waals surface area contributed by atoms with Crippen LogP contribution in [0.5, 0.6) is 0 Å². The first-order valence-corrected chi connectivity index (χ1v) is 12.4. The molecule has 2 aromatic carbocycles. The van der Waals surface area contributed by atoms with Crippen molar-refractivity contribution in [3.63, 3.8) is 0 Å². The fourth-order valence-electron chi connectivity index (χ4n) is 4.32. The highest BCUT2D eigenvalue weighted by Crippen LogP contribution is 2.14. The van der Waals surface area contributed by atoms with Crippen molar-refractivity contribution in [1.29, 1.82) is 0 Å². The van der Waals surface area contributed by atoms with Crippen molar-refractivity contribution in [1.82, 2.24) is 19.4 Å². The monoisotopic (exact) mass is 479 g/mol. The van der Waals surface area contributed by atoms with E-state index >= 15 is 0 Å². The molecule has 2 heterocycles. The van der Waals surface area contributed by atoms with Crippen LogP contribution in [0.3, 0.4) is 0 Å². The molecule has 1 fully saturated rings. The van der Waals surface area contributed by atoms with Gasteiger partial charge in [0, 0.05) is 51.4 Å². The number of hydrogen-bond donors (Lipinski definition) is 2. The standard InChI is InChI=1S/C26H33N5O2S/c1-29-15-17-30(18-16-29)19-20-10-12-21(13-11-20)27-24(32)9-3-2-6-14-31-25(33)22-7-4-5-8-23(22)28-26(31)34/h4-5,7-8,10-13H,2-3,6,9,14-19H2,1H3,(H,27,32)(H,28,34). The number of piperazine rings is 1. The Kier molecular flexibility index (Phi) is 8.26. The number of unbranched alkanes of at least 4 members (excludes halogenated alkanes) is 2. The molecular formula is C26H33N5O2S. The third-order valence-corrected chi connectivity index (χ3v) is 6.74. The van der Waals surface area contributed by atoms with Gasteiger partial charge in [0.1, 0.15) is 0 Å². The number of hydrogen-bond acceptors (Lipinski definition) is 5. The fourth-order valence-corrected chi connectivity index (χ4v) is 4.60. The lowest BCUT2D eigenvalue weighted by Crippen LogP contribution is -2.43. The van der Waals surface area contributed by atoms with E-state index in [1.54, 1.807) is 4.57 Å². The Morgan fingerprint density at radius 1 is 1.00 bits per heavy atom. The van der Waals surface area contributed by atoms with Crippen molar-refractivity contribution < 1.29 is 4.79 Å². The van der Waals surface area contributed by atoms with Gasteiger partial charge in [-0.15, -0.1) is 0 Å². The van der Waals surface area contributed by atoms with Crippen molar-refractivity contribution in [2.24, 2.45) is 0 Å². The molecule has 0 spiro atoms. The first-order valence-electron chi connectivity index (χ1n) is 12.0. The largest absolute Gasteiger partial charge is 0.332 e. The topological polar surface area (TPSA) is 73.4 Å². The van der Waals surface area contributed by atoms with Gasteiger partial charge in [-0.3, -0.25) is 19.1 Å². The summed E-state index contributed by atoms with van der Waals surface area (Å²) in [5, 5.41) is 3.63. The normalized spacial score (nSPS) is 15.0. The average molecular weight is 480 g/mol. The van der Waals surface area contributed by atoms with Gasteiger partial charge >= 0.3 is 0 Å². The van der Waals surface area contributed by atoms with E-state index in [0.29, 0.717) is 23.1 Å². The minimum absolute atomic E-state index is 0.0204. The number of anilines is 1. The molecule has 7 nitrogen and oxygen atoms in total. The number of carbonyl (C=O) groups excluding carboxylic acids is 1. The van der Waals surface area contributed by atoms with Gasteiger partial charge in [0.05, 0.1) is 10.9 Å². The molecule has 180 valence electrons. The fraction of sp³-hybridized carbons (Fsp3) is 0.423. The lowest BCUT2D eigenvalue weighted by molar-refractivity contribution is -0.116. The Bertz CT molecular complexity index is 1230. The number of H-pyrrole nitrogens is 1. The quantitative estimate of drug-likeness (QED) is 0.358. The molecule has 0 atom stereocenters. The van der Waals surface area contributed by atoms with Gasteiger partial charge in [0.25, 0.3) is 5.56 Å². The van der Waals surface area contributed by atoms with Gasteiger partial charge in [0.15, 0.2) is 4.77 Å². The van der Waals surface area contributed by atoms with Crippen LogP contribution in [0.15, 0.2) is 53.3 Å². The van der Waals surface area contributed by atoms with Crippen LogP contribution in [0.2, 0.25) is 0 Å². The minimum atomic E-state index is -0.0619. The number of nitrogens with zero attached hydrogens (tertiary/aromatic N) is 3. The molecular weight excluding hydrogens is 446 g/mol. The molecule has 0 saturated carbocycles. The molecule has 0 bridgehead atoms. The van der Waals surface area contributed by atoms with Crippen molar-refractivity contribution in [2.75, 3.05) is 38.5 Å². The number of rotatable bonds is 9. The number of carbonyl (C=O) groups is 1. The summed E-state index contributed by atoms with van der Waals surface area (Å²) in [6.45, 7) is 5.91. The van der Waals surface area contributed by atoms with Gasteiger partial charge in [-0.05, 0) is 61.9 Å². The number of aromatic amines is 1. The number of benzene rings is 2. The molecule has 0 unspecified atom stereocenters. The van der Waals surface area contributed by atoms with Crippen LogP contribution in [-0.4, -0.2) is 58.5 Å². The number of nitrogens with one attached hydrogen (secondary N) is 2. The molecule has 3 aromatic rings. The molecule has 0 radical (unpaired) electrons. The highest BCUT2D eigenvalue weighted by molar-refractivity contribution is 7.71. The zero-order chi connectivity index (χ0) is 23.9. The second-order valence-electron chi connectivity index (χ2n) is 9.07.